The highest BCUT2D eigenvalue weighted by molar-refractivity contribution is 6.21. The van der Waals surface area contributed by atoms with E-state index < -0.39 is 22.8 Å². The van der Waals surface area contributed by atoms with Gasteiger partial charge in [0.2, 0.25) is 0 Å². The number of nitrogens with zero attached hydrogens (tertiary/aromatic N) is 3. The molecule has 4 atom stereocenters. The molecule has 3 heterocycles. The van der Waals surface area contributed by atoms with E-state index in [9.17, 15) is 19.7 Å². The van der Waals surface area contributed by atoms with Gasteiger partial charge in [0.25, 0.3) is 11.6 Å². The van der Waals surface area contributed by atoms with E-state index in [2.05, 4.69) is 4.98 Å². The third-order valence-electron chi connectivity index (χ3n) is 6.08. The molecule has 0 N–H and O–H groups in total. The highest BCUT2D eigenvalue weighted by Gasteiger charge is 2.53. The monoisotopic (exact) mass is 439 g/mol. The van der Waals surface area contributed by atoms with Crippen LogP contribution in [0.25, 0.3) is 0 Å². The number of alkyl halides is 1. The van der Waals surface area contributed by atoms with Crippen molar-refractivity contribution in [2.45, 2.75) is 36.8 Å². The molecule has 9 heteroatoms. The fourth-order valence-corrected chi connectivity index (χ4v) is 4.99. The van der Waals surface area contributed by atoms with Crippen LogP contribution >= 0.6 is 11.6 Å². The largest absolute Gasteiger partial charge is 0.483 e. The van der Waals surface area contributed by atoms with Crippen LogP contribution in [0.3, 0.4) is 0 Å². The molecule has 158 valence electrons. The molecule has 0 bridgehead atoms. The highest BCUT2D eigenvalue weighted by Crippen LogP contribution is 2.48. The predicted molar refractivity (Wildman–Crippen MR) is 111 cm³/mol. The number of aromatic nitrogens is 1. The minimum absolute atomic E-state index is 0.0152. The Morgan fingerprint density at radius 3 is 2.74 bits per heavy atom. The molecule has 1 amide bonds. The number of amides is 1. The lowest BCUT2D eigenvalue weighted by molar-refractivity contribution is -0.384. The number of halogens is 1. The average Bonchev–Trinajstić information content (AvgIpc) is 3.07. The molecule has 1 saturated carbocycles. The van der Waals surface area contributed by atoms with Gasteiger partial charge in [-0.1, -0.05) is 18.2 Å². The highest BCUT2D eigenvalue weighted by atomic mass is 35.5. The number of carbonyl (C=O) groups excluding carboxylic acids is 2. The van der Waals surface area contributed by atoms with Crippen molar-refractivity contribution in [3.63, 3.8) is 0 Å². The normalized spacial score (nSPS) is 27.6. The molecule has 0 saturated heterocycles. The number of ketones is 1. The van der Waals surface area contributed by atoms with Crippen LogP contribution in [0, 0.1) is 16.0 Å². The summed E-state index contributed by atoms with van der Waals surface area (Å²) in [7, 11) is 0. The molecule has 5 rings (SSSR count). The number of nitro groups is 1. The van der Waals surface area contributed by atoms with Gasteiger partial charge in [0.1, 0.15) is 11.9 Å². The third kappa shape index (κ3) is 3.18. The molecule has 2 aliphatic heterocycles. The van der Waals surface area contributed by atoms with Gasteiger partial charge in [0, 0.05) is 23.7 Å². The Bertz CT molecular complexity index is 1120. The molecule has 1 aromatic heterocycles. The van der Waals surface area contributed by atoms with Crippen molar-refractivity contribution in [3.8, 4) is 0 Å². The fourth-order valence-electron chi connectivity index (χ4n) is 4.67. The summed E-state index contributed by atoms with van der Waals surface area (Å²) in [5.74, 6) is -0.730. The van der Waals surface area contributed by atoms with E-state index in [0.717, 1.165) is 0 Å². The third-order valence-corrected chi connectivity index (χ3v) is 6.47. The van der Waals surface area contributed by atoms with E-state index >= 15 is 0 Å². The summed E-state index contributed by atoms with van der Waals surface area (Å²) < 4.78 is 6.07. The van der Waals surface area contributed by atoms with Crippen molar-refractivity contribution in [1.29, 1.82) is 0 Å². The minimum Gasteiger partial charge on any atom is -0.483 e. The van der Waals surface area contributed by atoms with Crippen LogP contribution < -0.4 is 4.90 Å². The van der Waals surface area contributed by atoms with Gasteiger partial charge in [-0.3, -0.25) is 24.6 Å². The van der Waals surface area contributed by atoms with Crippen LogP contribution in [0.5, 0.6) is 0 Å². The van der Waals surface area contributed by atoms with Crippen LogP contribution in [0.1, 0.15) is 30.9 Å². The zero-order chi connectivity index (χ0) is 21.7. The molecular formula is C22H18ClN3O5. The maximum atomic E-state index is 13.6. The number of hydrogen-bond acceptors (Lipinski definition) is 6. The number of non-ortho nitro benzene ring substituents is 1. The molecule has 1 aromatic carbocycles. The zero-order valence-corrected chi connectivity index (χ0v) is 17.1. The Labute approximate surface area is 182 Å². The number of pyridine rings is 1. The molecule has 8 nitrogen and oxygen atoms in total. The Kier molecular flexibility index (Phi) is 4.74. The maximum Gasteiger partial charge on any atom is 0.295 e. The van der Waals surface area contributed by atoms with Gasteiger partial charge < -0.3 is 4.74 Å². The number of fused-ring (bicyclic) bond motifs is 1. The molecule has 31 heavy (non-hydrogen) atoms. The molecule has 1 fully saturated rings. The van der Waals surface area contributed by atoms with Crippen molar-refractivity contribution >= 4 is 34.8 Å². The van der Waals surface area contributed by atoms with Crippen LogP contribution in [0.4, 0.5) is 11.5 Å². The Hall–Kier alpha value is -3.26. The van der Waals surface area contributed by atoms with Crippen LogP contribution in [-0.2, 0) is 14.3 Å². The number of carbonyl (C=O) groups is 2. The van der Waals surface area contributed by atoms with Gasteiger partial charge in [-0.15, -0.1) is 11.6 Å². The molecule has 2 aromatic rings. The van der Waals surface area contributed by atoms with E-state index in [4.69, 9.17) is 16.3 Å². The fraction of sp³-hybridized carbons (Fsp3) is 0.318. The van der Waals surface area contributed by atoms with Crippen LogP contribution in [0.15, 0.2) is 60.0 Å². The van der Waals surface area contributed by atoms with E-state index in [1.54, 1.807) is 36.5 Å². The second-order valence-electron chi connectivity index (χ2n) is 7.90. The van der Waals surface area contributed by atoms with E-state index in [-0.39, 0.29) is 34.3 Å². The molecule has 0 radical (unpaired) electrons. The van der Waals surface area contributed by atoms with Gasteiger partial charge in [-0.2, -0.15) is 0 Å². The lowest BCUT2D eigenvalue weighted by atomic mass is 9.77. The van der Waals surface area contributed by atoms with Crippen LogP contribution in [-0.4, -0.2) is 33.1 Å². The van der Waals surface area contributed by atoms with Crippen molar-refractivity contribution in [2.75, 3.05) is 4.90 Å². The number of Topliss-reactive ketones (excluding diaryl/α,β-unsaturated/α-hetero) is 1. The SMILES string of the molecule is O=C1C2=C(OC3CCC(Cl)CC13)C(=O)N(c1ccccn1)C2c1cccc([N+](=O)[O-])c1. The average molecular weight is 440 g/mol. The maximum absolute atomic E-state index is 13.6. The number of ether oxygens (including phenoxy) is 1. The van der Waals surface area contributed by atoms with Gasteiger partial charge in [-0.25, -0.2) is 4.98 Å². The van der Waals surface area contributed by atoms with Crippen molar-refractivity contribution < 1.29 is 19.2 Å². The summed E-state index contributed by atoms with van der Waals surface area (Å²) in [5, 5.41) is 11.2. The lowest BCUT2D eigenvalue weighted by Gasteiger charge is -2.37. The first-order chi connectivity index (χ1) is 15.0. The zero-order valence-electron chi connectivity index (χ0n) is 16.3. The van der Waals surface area contributed by atoms with E-state index in [1.165, 1.54) is 17.0 Å². The first-order valence-electron chi connectivity index (χ1n) is 10.0. The first kappa shape index (κ1) is 19.7. The number of benzene rings is 1. The number of hydrogen-bond donors (Lipinski definition) is 0. The summed E-state index contributed by atoms with van der Waals surface area (Å²) in [4.78, 5) is 43.5. The van der Waals surface area contributed by atoms with Gasteiger partial charge in [-0.05, 0) is 37.0 Å². The van der Waals surface area contributed by atoms with E-state index in [1.807, 2.05) is 0 Å². The standard InChI is InChI=1S/C22H18ClN3O5/c23-13-7-8-16-15(11-13)20(27)18-19(12-4-3-5-14(10-12)26(29)30)25(22(28)21(18)31-16)17-6-1-2-9-24-17/h1-6,9-10,13,15-16,19H,7-8,11H2. The quantitative estimate of drug-likeness (QED) is 0.410. The van der Waals surface area contributed by atoms with Gasteiger partial charge >= 0.3 is 0 Å². The first-order valence-corrected chi connectivity index (χ1v) is 10.5. The second-order valence-corrected chi connectivity index (χ2v) is 8.52. The van der Waals surface area contributed by atoms with Crippen molar-refractivity contribution in [2.24, 2.45) is 5.92 Å². The Morgan fingerprint density at radius 1 is 1.16 bits per heavy atom. The van der Waals surface area contributed by atoms with Gasteiger partial charge in [0.05, 0.1) is 22.5 Å². The van der Waals surface area contributed by atoms with Crippen molar-refractivity contribution in [3.05, 3.63) is 75.7 Å². The van der Waals surface area contributed by atoms with Crippen LogP contribution in [0.2, 0.25) is 0 Å². The van der Waals surface area contributed by atoms with Crippen molar-refractivity contribution in [1.82, 2.24) is 4.98 Å². The number of anilines is 1. The molecular weight excluding hydrogens is 422 g/mol. The lowest BCUT2D eigenvalue weighted by Crippen LogP contribution is -2.41. The predicted octanol–water partition coefficient (Wildman–Crippen LogP) is 3.71. The van der Waals surface area contributed by atoms with E-state index in [0.29, 0.717) is 30.6 Å². The topological polar surface area (TPSA) is 103 Å². The Balaban J connectivity index is 1.66. The summed E-state index contributed by atoms with van der Waals surface area (Å²) in [6, 6.07) is 10.2. The summed E-state index contributed by atoms with van der Waals surface area (Å²) in [5.41, 5.74) is 0.551. The smallest absolute Gasteiger partial charge is 0.295 e. The Morgan fingerprint density at radius 2 is 2.00 bits per heavy atom. The summed E-state index contributed by atoms with van der Waals surface area (Å²) in [6.07, 6.45) is 2.94. The molecule has 3 aliphatic rings. The minimum atomic E-state index is -0.860. The summed E-state index contributed by atoms with van der Waals surface area (Å²) >= 11 is 6.32. The number of rotatable bonds is 3. The second kappa shape index (κ2) is 7.46. The molecule has 1 aliphatic carbocycles. The molecule has 4 unspecified atom stereocenters. The number of nitro benzene ring substituents is 1. The molecule has 0 spiro atoms. The van der Waals surface area contributed by atoms with Gasteiger partial charge in [0.15, 0.2) is 11.5 Å². The summed E-state index contributed by atoms with van der Waals surface area (Å²) in [6.45, 7) is 0.